The van der Waals surface area contributed by atoms with Gasteiger partial charge in [0.2, 0.25) is 0 Å². The summed E-state index contributed by atoms with van der Waals surface area (Å²) in [5, 5.41) is 7.65. The molecule has 5 nitrogen and oxygen atoms in total. The lowest BCUT2D eigenvalue weighted by Crippen LogP contribution is -2.47. The van der Waals surface area contributed by atoms with E-state index in [1.807, 2.05) is 12.1 Å². The first kappa shape index (κ1) is 23.5. The first-order valence-corrected chi connectivity index (χ1v) is 9.34. The molecule has 0 saturated carbocycles. The van der Waals surface area contributed by atoms with Gasteiger partial charge in [0.15, 0.2) is 5.96 Å². The normalized spacial score (nSPS) is 22.4. The summed E-state index contributed by atoms with van der Waals surface area (Å²) in [6, 6.07) is 8.83. The van der Waals surface area contributed by atoms with Crippen LogP contribution in [0.3, 0.4) is 0 Å². The predicted molar refractivity (Wildman–Crippen MR) is 121 cm³/mol. The van der Waals surface area contributed by atoms with E-state index in [1.54, 1.807) is 14.2 Å². The highest BCUT2D eigenvalue weighted by atomic mass is 127. The van der Waals surface area contributed by atoms with Crippen LogP contribution in [-0.4, -0.2) is 57.8 Å². The molecule has 1 saturated heterocycles. The number of hydrogen-bond acceptors (Lipinski definition) is 3. The van der Waals surface area contributed by atoms with Gasteiger partial charge in [0.25, 0.3) is 0 Å². The molecule has 0 amide bonds. The maximum atomic E-state index is 6.22. The molecule has 1 aromatic rings. The van der Waals surface area contributed by atoms with Gasteiger partial charge in [-0.1, -0.05) is 23.7 Å². The summed E-state index contributed by atoms with van der Waals surface area (Å²) in [4.78, 5) is 6.77. The number of halogens is 2. The van der Waals surface area contributed by atoms with Crippen LogP contribution in [0.25, 0.3) is 0 Å². The third kappa shape index (κ3) is 6.87. The Balaban J connectivity index is 0.00000338. The number of nitrogens with zero attached hydrogens (tertiary/aromatic N) is 2. The van der Waals surface area contributed by atoms with Crippen molar-refractivity contribution in [3.63, 3.8) is 0 Å². The van der Waals surface area contributed by atoms with E-state index >= 15 is 0 Å². The average molecular weight is 495 g/mol. The van der Waals surface area contributed by atoms with Gasteiger partial charge in [-0.15, -0.1) is 24.0 Å². The number of hydrogen-bond donors (Lipinski definition) is 2. The molecule has 26 heavy (non-hydrogen) atoms. The number of ether oxygens (including phenoxy) is 1. The van der Waals surface area contributed by atoms with E-state index < -0.39 is 0 Å². The van der Waals surface area contributed by atoms with Crippen LogP contribution in [0.1, 0.15) is 31.4 Å². The van der Waals surface area contributed by atoms with E-state index in [-0.39, 0.29) is 30.0 Å². The molecule has 7 heteroatoms. The number of likely N-dealkylation sites (tertiary alicyclic amines) is 1. The summed E-state index contributed by atoms with van der Waals surface area (Å²) >= 11 is 6.22. The molecule has 148 valence electrons. The molecule has 0 aliphatic carbocycles. The van der Waals surface area contributed by atoms with Crippen molar-refractivity contribution in [3.8, 4) is 0 Å². The van der Waals surface area contributed by atoms with E-state index in [0.29, 0.717) is 18.6 Å². The lowest BCUT2D eigenvalue weighted by Gasteiger charge is -2.40. The van der Waals surface area contributed by atoms with Crippen molar-refractivity contribution in [2.75, 3.05) is 40.9 Å². The fourth-order valence-corrected chi connectivity index (χ4v) is 3.84. The number of benzene rings is 1. The Labute approximate surface area is 179 Å². The SMILES string of the molecule is CN=C(NCC1CCCN(C)C1c1cccc(Cl)c1)NC(C)COC.I. The molecule has 2 rings (SSSR count). The molecule has 1 fully saturated rings. The zero-order valence-corrected chi connectivity index (χ0v) is 19.3. The van der Waals surface area contributed by atoms with E-state index in [1.165, 1.54) is 18.4 Å². The van der Waals surface area contributed by atoms with Gasteiger partial charge in [-0.25, -0.2) is 0 Å². The molecule has 1 aliphatic heterocycles. The number of methoxy groups -OCH3 is 1. The number of rotatable bonds is 6. The first-order chi connectivity index (χ1) is 12.0. The van der Waals surface area contributed by atoms with Crippen LogP contribution in [0.2, 0.25) is 5.02 Å². The first-order valence-electron chi connectivity index (χ1n) is 8.97. The second kappa shape index (κ2) is 12.0. The standard InChI is InChI=1S/C19H31ClN4O.HI/c1-14(13-25-4)23-19(21-2)22-12-16-8-6-10-24(3)18(16)15-7-5-9-17(20)11-15;/h5,7,9,11,14,16,18H,6,8,10,12-13H2,1-4H3,(H2,21,22,23);1H. The largest absolute Gasteiger partial charge is 0.383 e. The van der Waals surface area contributed by atoms with Gasteiger partial charge >= 0.3 is 0 Å². The Morgan fingerprint density at radius 3 is 2.88 bits per heavy atom. The van der Waals surface area contributed by atoms with Gasteiger partial charge in [-0.3, -0.25) is 9.89 Å². The highest BCUT2D eigenvalue weighted by Gasteiger charge is 2.30. The van der Waals surface area contributed by atoms with Crippen LogP contribution >= 0.6 is 35.6 Å². The molecule has 0 spiro atoms. The lowest BCUT2D eigenvalue weighted by molar-refractivity contribution is 0.122. The fraction of sp³-hybridized carbons (Fsp3) is 0.632. The molecule has 0 aromatic heterocycles. The smallest absolute Gasteiger partial charge is 0.191 e. The van der Waals surface area contributed by atoms with Gasteiger partial charge < -0.3 is 15.4 Å². The Morgan fingerprint density at radius 2 is 2.23 bits per heavy atom. The molecular weight excluding hydrogens is 463 g/mol. The van der Waals surface area contributed by atoms with Crippen LogP contribution in [0.15, 0.2) is 29.3 Å². The third-order valence-electron chi connectivity index (χ3n) is 4.75. The van der Waals surface area contributed by atoms with Crippen molar-refractivity contribution in [1.29, 1.82) is 0 Å². The van der Waals surface area contributed by atoms with Crippen molar-refractivity contribution in [3.05, 3.63) is 34.9 Å². The van der Waals surface area contributed by atoms with Gasteiger partial charge in [0.05, 0.1) is 6.61 Å². The number of nitrogens with one attached hydrogen (secondary N) is 2. The highest BCUT2D eigenvalue weighted by molar-refractivity contribution is 14.0. The molecule has 2 N–H and O–H groups in total. The van der Waals surface area contributed by atoms with E-state index in [4.69, 9.17) is 16.3 Å². The van der Waals surface area contributed by atoms with Crippen molar-refractivity contribution >= 4 is 41.5 Å². The maximum Gasteiger partial charge on any atom is 0.191 e. The molecule has 3 atom stereocenters. The topological polar surface area (TPSA) is 48.9 Å². The minimum absolute atomic E-state index is 0. The minimum atomic E-state index is 0. The highest BCUT2D eigenvalue weighted by Crippen LogP contribution is 2.35. The zero-order valence-electron chi connectivity index (χ0n) is 16.2. The Morgan fingerprint density at radius 1 is 1.46 bits per heavy atom. The van der Waals surface area contributed by atoms with E-state index in [2.05, 4.69) is 46.6 Å². The van der Waals surface area contributed by atoms with Crippen LogP contribution in [0.4, 0.5) is 0 Å². The summed E-state index contributed by atoms with van der Waals surface area (Å²) < 4.78 is 5.18. The van der Waals surface area contributed by atoms with Gasteiger partial charge in [-0.2, -0.15) is 0 Å². The summed E-state index contributed by atoms with van der Waals surface area (Å²) in [6.07, 6.45) is 2.41. The van der Waals surface area contributed by atoms with Crippen LogP contribution in [-0.2, 0) is 4.74 Å². The fourth-order valence-electron chi connectivity index (χ4n) is 3.64. The van der Waals surface area contributed by atoms with Crippen LogP contribution < -0.4 is 10.6 Å². The van der Waals surface area contributed by atoms with Crippen LogP contribution in [0.5, 0.6) is 0 Å². The van der Waals surface area contributed by atoms with Gasteiger partial charge in [0, 0.05) is 37.8 Å². The molecule has 1 aromatic carbocycles. The van der Waals surface area contributed by atoms with Crippen molar-refractivity contribution in [2.45, 2.75) is 31.8 Å². The van der Waals surface area contributed by atoms with Crippen molar-refractivity contribution in [2.24, 2.45) is 10.9 Å². The zero-order chi connectivity index (χ0) is 18.2. The molecular formula is C19H32ClIN4O. The predicted octanol–water partition coefficient (Wildman–Crippen LogP) is 3.54. The average Bonchev–Trinajstić information content (AvgIpc) is 2.58. The summed E-state index contributed by atoms with van der Waals surface area (Å²) in [7, 11) is 5.71. The van der Waals surface area contributed by atoms with E-state index in [0.717, 1.165) is 24.1 Å². The van der Waals surface area contributed by atoms with Gasteiger partial charge in [-0.05, 0) is 57.0 Å². The summed E-state index contributed by atoms with van der Waals surface area (Å²) in [5.41, 5.74) is 1.29. The Kier molecular flexibility index (Phi) is 10.8. The molecule has 3 unspecified atom stereocenters. The van der Waals surface area contributed by atoms with Crippen molar-refractivity contribution in [1.82, 2.24) is 15.5 Å². The lowest BCUT2D eigenvalue weighted by atomic mass is 9.85. The second-order valence-corrected chi connectivity index (χ2v) is 7.27. The number of guanidine groups is 1. The van der Waals surface area contributed by atoms with Crippen molar-refractivity contribution < 1.29 is 4.74 Å². The molecule has 1 aliphatic rings. The minimum Gasteiger partial charge on any atom is -0.383 e. The van der Waals surface area contributed by atoms with Crippen LogP contribution in [0, 0.1) is 5.92 Å². The Bertz CT molecular complexity index is 572. The quantitative estimate of drug-likeness (QED) is 0.361. The Hall–Kier alpha value is -0.570. The number of aliphatic imine (C=N–C) groups is 1. The summed E-state index contributed by atoms with van der Waals surface area (Å²) in [6.45, 7) is 4.73. The summed E-state index contributed by atoms with van der Waals surface area (Å²) in [5.74, 6) is 1.33. The van der Waals surface area contributed by atoms with E-state index in [9.17, 15) is 0 Å². The molecule has 0 bridgehead atoms. The molecule has 0 radical (unpaired) electrons. The third-order valence-corrected chi connectivity index (χ3v) is 4.99. The monoisotopic (exact) mass is 494 g/mol. The number of piperidine rings is 1. The second-order valence-electron chi connectivity index (χ2n) is 6.84. The van der Waals surface area contributed by atoms with Gasteiger partial charge in [0.1, 0.15) is 0 Å². The maximum absolute atomic E-state index is 6.22. The molecule has 1 heterocycles.